The van der Waals surface area contributed by atoms with Gasteiger partial charge in [0.1, 0.15) is 4.88 Å². The molecule has 1 aromatic rings. The summed E-state index contributed by atoms with van der Waals surface area (Å²) in [6.07, 6.45) is -7.44. The molecule has 0 aliphatic carbocycles. The molecule has 0 saturated carbocycles. The first kappa shape index (κ1) is 12.0. The van der Waals surface area contributed by atoms with Gasteiger partial charge in [-0.2, -0.15) is 13.2 Å². The van der Waals surface area contributed by atoms with Gasteiger partial charge >= 0.3 is 12.1 Å². The van der Waals surface area contributed by atoms with Gasteiger partial charge in [0.15, 0.2) is 6.10 Å². The number of carbonyl (C=O) groups excluding carboxylic acids is 1. The number of alkyl halides is 3. The average molecular weight is 240 g/mol. The van der Waals surface area contributed by atoms with Gasteiger partial charge in [-0.05, 0) is 11.4 Å². The predicted octanol–water partition coefficient (Wildman–Crippen LogP) is 2.13. The standard InChI is InChI=1S/C8H7F3O3S/c1-14-7(13)5-4(2-3-15-5)6(12)8(9,10)11/h2-3,6,12H,1H3/t6-/m0/s1. The van der Waals surface area contributed by atoms with E-state index in [1.54, 1.807) is 0 Å². The molecule has 1 heterocycles. The molecule has 0 unspecified atom stereocenters. The molecule has 0 aromatic carbocycles. The van der Waals surface area contributed by atoms with Crippen LogP contribution in [0, 0.1) is 0 Å². The Hall–Kier alpha value is -1.08. The molecule has 1 rings (SSSR count). The van der Waals surface area contributed by atoms with Gasteiger partial charge in [0.05, 0.1) is 7.11 Å². The van der Waals surface area contributed by atoms with Crippen molar-refractivity contribution in [3.8, 4) is 0 Å². The first-order valence-electron chi connectivity index (χ1n) is 3.78. The smallest absolute Gasteiger partial charge is 0.418 e. The molecule has 0 amide bonds. The molecule has 1 atom stereocenters. The van der Waals surface area contributed by atoms with Crippen molar-refractivity contribution in [3.63, 3.8) is 0 Å². The van der Waals surface area contributed by atoms with E-state index in [1.165, 1.54) is 5.38 Å². The summed E-state index contributed by atoms with van der Waals surface area (Å²) in [5.41, 5.74) is -0.473. The van der Waals surface area contributed by atoms with E-state index >= 15 is 0 Å². The maximum Gasteiger partial charge on any atom is 0.418 e. The lowest BCUT2D eigenvalue weighted by Crippen LogP contribution is -2.21. The molecule has 0 radical (unpaired) electrons. The lowest BCUT2D eigenvalue weighted by Gasteiger charge is -2.14. The highest BCUT2D eigenvalue weighted by Gasteiger charge is 2.41. The fourth-order valence-corrected chi connectivity index (χ4v) is 1.82. The number of rotatable bonds is 2. The molecule has 15 heavy (non-hydrogen) atoms. The van der Waals surface area contributed by atoms with Crippen LogP contribution in [0.4, 0.5) is 13.2 Å². The summed E-state index contributed by atoms with van der Waals surface area (Å²) in [5, 5.41) is 10.2. The highest BCUT2D eigenvalue weighted by Crippen LogP contribution is 2.36. The fraction of sp³-hybridized carbons (Fsp3) is 0.375. The van der Waals surface area contributed by atoms with Crippen molar-refractivity contribution in [1.29, 1.82) is 0 Å². The summed E-state index contributed by atoms with van der Waals surface area (Å²) in [5.74, 6) is -0.886. The first-order chi connectivity index (χ1) is 6.88. The number of methoxy groups -OCH3 is 1. The second kappa shape index (κ2) is 4.19. The molecule has 0 aliphatic heterocycles. The summed E-state index contributed by atoms with van der Waals surface area (Å²) in [4.78, 5) is 10.8. The van der Waals surface area contributed by atoms with Gasteiger partial charge in [-0.25, -0.2) is 4.79 Å². The molecule has 0 saturated heterocycles. The van der Waals surface area contributed by atoms with Gasteiger partial charge in [0.25, 0.3) is 0 Å². The lowest BCUT2D eigenvalue weighted by atomic mass is 10.1. The third-order valence-corrected chi connectivity index (χ3v) is 2.58. The summed E-state index contributed by atoms with van der Waals surface area (Å²) in [7, 11) is 1.06. The summed E-state index contributed by atoms with van der Waals surface area (Å²) < 4.78 is 40.8. The normalized spacial score (nSPS) is 13.7. The van der Waals surface area contributed by atoms with Crippen molar-refractivity contribution >= 4 is 17.3 Å². The monoisotopic (exact) mass is 240 g/mol. The zero-order valence-electron chi connectivity index (χ0n) is 7.54. The number of hydrogen-bond donors (Lipinski definition) is 1. The van der Waals surface area contributed by atoms with E-state index in [0.29, 0.717) is 0 Å². The second-order valence-electron chi connectivity index (χ2n) is 2.64. The quantitative estimate of drug-likeness (QED) is 0.805. The third-order valence-electron chi connectivity index (χ3n) is 1.67. The van der Waals surface area contributed by atoms with E-state index in [1.807, 2.05) is 0 Å². The van der Waals surface area contributed by atoms with Crippen LogP contribution in [-0.4, -0.2) is 24.4 Å². The van der Waals surface area contributed by atoms with Crippen molar-refractivity contribution < 1.29 is 27.8 Å². The van der Waals surface area contributed by atoms with Crippen molar-refractivity contribution in [2.75, 3.05) is 7.11 Å². The van der Waals surface area contributed by atoms with Gasteiger partial charge in [-0.1, -0.05) is 0 Å². The number of carbonyl (C=O) groups is 1. The van der Waals surface area contributed by atoms with E-state index in [9.17, 15) is 18.0 Å². The van der Waals surface area contributed by atoms with E-state index in [2.05, 4.69) is 4.74 Å². The van der Waals surface area contributed by atoms with Crippen LogP contribution in [0.2, 0.25) is 0 Å². The Morgan fingerprint density at radius 3 is 2.67 bits per heavy atom. The fourth-order valence-electron chi connectivity index (χ4n) is 0.969. The van der Waals surface area contributed by atoms with Crippen LogP contribution in [-0.2, 0) is 4.74 Å². The molecule has 84 valence electrons. The van der Waals surface area contributed by atoms with Gasteiger partial charge in [-0.15, -0.1) is 11.3 Å². The van der Waals surface area contributed by atoms with Gasteiger partial charge in [-0.3, -0.25) is 0 Å². The maximum atomic E-state index is 12.2. The summed E-state index contributed by atoms with van der Waals surface area (Å²) in [6, 6.07) is 1.05. The molecule has 0 fully saturated rings. The topological polar surface area (TPSA) is 46.5 Å². The summed E-state index contributed by atoms with van der Waals surface area (Å²) >= 11 is 0.792. The molecular weight excluding hydrogens is 233 g/mol. The Bertz CT molecular complexity index is 358. The minimum atomic E-state index is -4.79. The first-order valence-corrected chi connectivity index (χ1v) is 4.66. The highest BCUT2D eigenvalue weighted by molar-refractivity contribution is 7.12. The highest BCUT2D eigenvalue weighted by atomic mass is 32.1. The Morgan fingerprint density at radius 2 is 2.20 bits per heavy atom. The SMILES string of the molecule is COC(=O)c1sccc1[C@H](O)C(F)(F)F. The molecule has 7 heteroatoms. The predicted molar refractivity (Wildman–Crippen MR) is 46.7 cm³/mol. The van der Waals surface area contributed by atoms with E-state index in [0.717, 1.165) is 24.5 Å². The number of esters is 1. The van der Waals surface area contributed by atoms with E-state index in [4.69, 9.17) is 5.11 Å². The van der Waals surface area contributed by atoms with Crippen LogP contribution in [0.5, 0.6) is 0 Å². The molecule has 0 bridgehead atoms. The second-order valence-corrected chi connectivity index (χ2v) is 3.56. The maximum absolute atomic E-state index is 12.2. The van der Waals surface area contributed by atoms with Crippen LogP contribution in [0.3, 0.4) is 0 Å². The molecule has 0 aliphatic rings. The zero-order valence-corrected chi connectivity index (χ0v) is 8.35. The van der Waals surface area contributed by atoms with Crippen molar-refractivity contribution in [2.45, 2.75) is 12.3 Å². The Balaban J connectivity index is 3.05. The van der Waals surface area contributed by atoms with Crippen LogP contribution >= 0.6 is 11.3 Å². The number of aliphatic hydroxyl groups is 1. The van der Waals surface area contributed by atoms with E-state index < -0.39 is 23.8 Å². The molecule has 3 nitrogen and oxygen atoms in total. The molecule has 0 spiro atoms. The average Bonchev–Trinajstić information content (AvgIpc) is 2.62. The van der Waals surface area contributed by atoms with E-state index in [-0.39, 0.29) is 4.88 Å². The van der Waals surface area contributed by atoms with Crippen LogP contribution < -0.4 is 0 Å². The summed E-state index contributed by atoms with van der Waals surface area (Å²) in [6.45, 7) is 0. The van der Waals surface area contributed by atoms with Crippen LogP contribution in [0.25, 0.3) is 0 Å². The zero-order chi connectivity index (χ0) is 11.6. The third kappa shape index (κ3) is 2.48. The molecule has 1 aromatic heterocycles. The Labute approximate surface area is 87.1 Å². The van der Waals surface area contributed by atoms with Crippen LogP contribution in [0.15, 0.2) is 11.4 Å². The largest absolute Gasteiger partial charge is 0.465 e. The van der Waals surface area contributed by atoms with Gasteiger partial charge < -0.3 is 9.84 Å². The number of hydrogen-bond acceptors (Lipinski definition) is 4. The van der Waals surface area contributed by atoms with Gasteiger partial charge in [0, 0.05) is 5.56 Å². The number of ether oxygens (including phenoxy) is 1. The van der Waals surface area contributed by atoms with Gasteiger partial charge in [0.2, 0.25) is 0 Å². The lowest BCUT2D eigenvalue weighted by molar-refractivity contribution is -0.206. The minimum Gasteiger partial charge on any atom is -0.465 e. The number of thiophene rings is 1. The number of aliphatic hydroxyl groups excluding tert-OH is 1. The number of halogens is 3. The van der Waals surface area contributed by atoms with Crippen molar-refractivity contribution in [2.24, 2.45) is 0 Å². The Kier molecular flexibility index (Phi) is 3.35. The van der Waals surface area contributed by atoms with Crippen molar-refractivity contribution in [1.82, 2.24) is 0 Å². The molecular formula is C8H7F3O3S. The molecule has 1 N–H and O–H groups in total. The van der Waals surface area contributed by atoms with Crippen molar-refractivity contribution in [3.05, 3.63) is 21.9 Å². The van der Waals surface area contributed by atoms with Crippen LogP contribution in [0.1, 0.15) is 21.3 Å². The minimum absolute atomic E-state index is 0.234. The Morgan fingerprint density at radius 1 is 1.60 bits per heavy atom.